The van der Waals surface area contributed by atoms with E-state index < -0.39 is 11.4 Å². The van der Waals surface area contributed by atoms with Crippen molar-refractivity contribution in [2.75, 3.05) is 0 Å². The normalized spacial score (nSPS) is 13.5. The third kappa shape index (κ3) is 3.26. The third-order valence-corrected chi connectivity index (χ3v) is 6.69. The van der Waals surface area contributed by atoms with Crippen LogP contribution in [-0.4, -0.2) is 31.2 Å². The number of hydrogen-bond donors (Lipinski definition) is 2. The van der Waals surface area contributed by atoms with Crippen LogP contribution in [-0.2, 0) is 13.7 Å². The summed E-state index contributed by atoms with van der Waals surface area (Å²) in [7, 11) is 1.63. The van der Waals surface area contributed by atoms with Crippen molar-refractivity contribution in [1.29, 1.82) is 5.26 Å². The number of halogens is 2. The fourth-order valence-electron chi connectivity index (χ4n) is 3.57. The van der Waals surface area contributed by atoms with Gasteiger partial charge >= 0.3 is 0 Å². The second-order valence-corrected chi connectivity index (χ2v) is 8.85. The standard InChI is InChI=1S/C21H15ClFN5O3S/c1-28-19(17-11(6-24)15(31-9-2-3-9)5-13(22)18(17)23)12(7-25-28)16-4-10-14(8-29)26-27-21(30)20(10)32-16/h4-5,7,9,29H,2-3,8H2,1H3,(H,27,30). The number of benzene rings is 1. The Bertz CT molecular complexity index is 1480. The van der Waals surface area contributed by atoms with Gasteiger partial charge in [-0.25, -0.2) is 9.49 Å². The first kappa shape index (κ1) is 20.6. The minimum Gasteiger partial charge on any atom is -0.489 e. The number of thiophene rings is 1. The van der Waals surface area contributed by atoms with Gasteiger partial charge in [0.1, 0.15) is 22.1 Å². The summed E-state index contributed by atoms with van der Waals surface area (Å²) in [5.74, 6) is -0.531. The topological polar surface area (TPSA) is 117 Å². The minimum atomic E-state index is -0.757. The van der Waals surface area contributed by atoms with E-state index in [-0.39, 0.29) is 34.6 Å². The molecule has 0 radical (unpaired) electrons. The molecule has 0 atom stereocenters. The van der Waals surface area contributed by atoms with Crippen LogP contribution in [0.3, 0.4) is 0 Å². The number of rotatable bonds is 5. The SMILES string of the molecule is Cn1ncc(-c2cc3c(CO)n[nH]c(=O)c3s2)c1-c1c(F)c(Cl)cc(OC2CC2)c1C#N. The zero-order chi connectivity index (χ0) is 22.6. The van der Waals surface area contributed by atoms with Crippen LogP contribution < -0.4 is 10.3 Å². The zero-order valence-electron chi connectivity index (χ0n) is 16.6. The van der Waals surface area contributed by atoms with E-state index in [2.05, 4.69) is 21.4 Å². The summed E-state index contributed by atoms with van der Waals surface area (Å²) in [4.78, 5) is 12.9. The molecule has 8 nitrogen and oxygen atoms in total. The highest BCUT2D eigenvalue weighted by molar-refractivity contribution is 7.22. The van der Waals surface area contributed by atoms with Gasteiger partial charge in [-0.15, -0.1) is 11.3 Å². The molecule has 1 fully saturated rings. The van der Waals surface area contributed by atoms with Crippen molar-refractivity contribution < 1.29 is 14.2 Å². The van der Waals surface area contributed by atoms with Gasteiger partial charge in [0, 0.05) is 28.9 Å². The molecule has 3 heterocycles. The fraction of sp³-hybridized carbons (Fsp3) is 0.238. The van der Waals surface area contributed by atoms with Crippen LogP contribution in [0.15, 0.2) is 23.1 Å². The second-order valence-electron chi connectivity index (χ2n) is 7.39. The van der Waals surface area contributed by atoms with E-state index in [1.54, 1.807) is 13.1 Å². The zero-order valence-corrected chi connectivity index (χ0v) is 18.2. The monoisotopic (exact) mass is 471 g/mol. The molecule has 0 spiro atoms. The van der Waals surface area contributed by atoms with Gasteiger partial charge in [-0.3, -0.25) is 9.48 Å². The maximum absolute atomic E-state index is 15.3. The summed E-state index contributed by atoms with van der Waals surface area (Å²) in [5.41, 5.74) is 0.763. The fourth-order valence-corrected chi connectivity index (χ4v) is 4.84. The number of ether oxygens (including phenoxy) is 1. The van der Waals surface area contributed by atoms with Gasteiger partial charge in [0.15, 0.2) is 5.82 Å². The Hall–Kier alpha value is -3.26. The van der Waals surface area contributed by atoms with E-state index in [0.29, 0.717) is 31.9 Å². The van der Waals surface area contributed by atoms with Gasteiger partial charge in [0.2, 0.25) is 0 Å². The Morgan fingerprint density at radius 2 is 2.25 bits per heavy atom. The quantitative estimate of drug-likeness (QED) is 0.458. The molecule has 1 aliphatic rings. The molecule has 32 heavy (non-hydrogen) atoms. The number of aliphatic hydroxyl groups is 1. The molecule has 1 aliphatic carbocycles. The van der Waals surface area contributed by atoms with Crippen LogP contribution in [0.4, 0.5) is 4.39 Å². The summed E-state index contributed by atoms with van der Waals surface area (Å²) < 4.78 is 23.0. The summed E-state index contributed by atoms with van der Waals surface area (Å²) in [5, 5.41) is 30.3. The van der Waals surface area contributed by atoms with Crippen LogP contribution in [0.1, 0.15) is 24.1 Å². The Labute approximate surface area is 189 Å². The Balaban J connectivity index is 1.77. The number of nitrogens with one attached hydrogen (secondary N) is 1. The minimum absolute atomic E-state index is 0.0128. The number of aromatic nitrogens is 4. The van der Waals surface area contributed by atoms with E-state index in [9.17, 15) is 15.2 Å². The predicted molar refractivity (Wildman–Crippen MR) is 117 cm³/mol. The summed E-state index contributed by atoms with van der Waals surface area (Å²) in [6, 6.07) is 5.08. The highest BCUT2D eigenvalue weighted by Crippen LogP contribution is 2.44. The van der Waals surface area contributed by atoms with E-state index in [1.165, 1.54) is 16.9 Å². The number of hydrogen-bond acceptors (Lipinski definition) is 7. The van der Waals surface area contributed by atoms with Gasteiger partial charge < -0.3 is 9.84 Å². The number of nitrogens with zero attached hydrogens (tertiary/aromatic N) is 4. The highest BCUT2D eigenvalue weighted by atomic mass is 35.5. The Kier molecular flexibility index (Phi) is 4.97. The molecule has 0 bridgehead atoms. The molecule has 1 aromatic carbocycles. The molecule has 5 rings (SSSR count). The van der Waals surface area contributed by atoms with Crippen LogP contribution >= 0.6 is 22.9 Å². The Morgan fingerprint density at radius 1 is 1.47 bits per heavy atom. The van der Waals surface area contributed by atoms with E-state index >= 15 is 4.39 Å². The van der Waals surface area contributed by atoms with Crippen molar-refractivity contribution in [2.24, 2.45) is 7.05 Å². The maximum Gasteiger partial charge on any atom is 0.282 e. The second kappa shape index (κ2) is 7.70. The van der Waals surface area contributed by atoms with Crippen LogP contribution in [0.5, 0.6) is 5.75 Å². The van der Waals surface area contributed by atoms with Crippen molar-refractivity contribution in [3.05, 3.63) is 50.8 Å². The van der Waals surface area contributed by atoms with Crippen LogP contribution in [0.25, 0.3) is 31.8 Å². The summed E-state index contributed by atoms with van der Waals surface area (Å²) in [6.07, 6.45) is 3.25. The molecule has 1 saturated carbocycles. The van der Waals surface area contributed by atoms with Crippen molar-refractivity contribution in [1.82, 2.24) is 20.0 Å². The van der Waals surface area contributed by atoms with E-state index in [1.807, 2.05) is 0 Å². The Morgan fingerprint density at radius 3 is 2.94 bits per heavy atom. The van der Waals surface area contributed by atoms with Gasteiger partial charge in [-0.05, 0) is 18.9 Å². The molecule has 0 amide bonds. The smallest absolute Gasteiger partial charge is 0.282 e. The lowest BCUT2D eigenvalue weighted by Gasteiger charge is -2.14. The predicted octanol–water partition coefficient (Wildman–Crippen LogP) is 3.75. The van der Waals surface area contributed by atoms with Crippen molar-refractivity contribution >= 4 is 33.0 Å². The number of aryl methyl sites for hydroxylation is 1. The first-order chi connectivity index (χ1) is 15.4. The summed E-state index contributed by atoms with van der Waals surface area (Å²) >= 11 is 7.33. The largest absolute Gasteiger partial charge is 0.489 e. The average Bonchev–Trinajstić information content (AvgIpc) is 3.34. The molecular formula is C21H15ClFN5O3S. The van der Waals surface area contributed by atoms with Gasteiger partial charge in [-0.1, -0.05) is 11.6 Å². The molecule has 4 aromatic rings. The lowest BCUT2D eigenvalue weighted by Crippen LogP contribution is -2.08. The number of H-pyrrole nitrogens is 1. The van der Waals surface area contributed by atoms with Crippen LogP contribution in [0, 0.1) is 17.1 Å². The van der Waals surface area contributed by atoms with E-state index in [0.717, 1.165) is 24.2 Å². The number of aliphatic hydroxyl groups excluding tert-OH is 1. The highest BCUT2D eigenvalue weighted by Gasteiger charge is 2.30. The number of aromatic amines is 1. The molecule has 162 valence electrons. The molecule has 0 aliphatic heterocycles. The third-order valence-electron chi connectivity index (χ3n) is 5.25. The van der Waals surface area contributed by atoms with Crippen molar-refractivity contribution in [3.63, 3.8) is 0 Å². The average molecular weight is 472 g/mol. The van der Waals surface area contributed by atoms with Gasteiger partial charge in [0.05, 0.1) is 40.9 Å². The lowest BCUT2D eigenvalue weighted by molar-refractivity contribution is 0.277. The lowest BCUT2D eigenvalue weighted by atomic mass is 9.99. The summed E-state index contributed by atoms with van der Waals surface area (Å²) in [6.45, 7) is -0.354. The molecular weight excluding hydrogens is 457 g/mol. The first-order valence-corrected chi connectivity index (χ1v) is 10.9. The van der Waals surface area contributed by atoms with Crippen LogP contribution in [0.2, 0.25) is 5.02 Å². The van der Waals surface area contributed by atoms with E-state index in [4.69, 9.17) is 16.3 Å². The molecule has 11 heteroatoms. The molecule has 0 saturated heterocycles. The van der Waals surface area contributed by atoms with Gasteiger partial charge in [0.25, 0.3) is 5.56 Å². The van der Waals surface area contributed by atoms with Gasteiger partial charge in [-0.2, -0.15) is 15.5 Å². The van der Waals surface area contributed by atoms with Crippen molar-refractivity contribution in [3.8, 4) is 33.5 Å². The maximum atomic E-state index is 15.3. The molecule has 0 unspecified atom stereocenters. The number of nitriles is 1. The molecule has 3 aromatic heterocycles. The number of fused-ring (bicyclic) bond motifs is 1. The molecule has 2 N–H and O–H groups in total. The first-order valence-electron chi connectivity index (χ1n) is 9.66. The van der Waals surface area contributed by atoms with Crippen molar-refractivity contribution in [2.45, 2.75) is 25.6 Å².